The number of nitrogens with zero attached hydrogens (tertiary/aromatic N) is 2. The monoisotopic (exact) mass is 382 g/mol. The maximum Gasteiger partial charge on any atom is 0.252 e. The second-order valence-corrected chi connectivity index (χ2v) is 5.93. The minimum atomic E-state index is -0.598. The molecule has 0 saturated carbocycles. The van der Waals surface area contributed by atoms with Crippen molar-refractivity contribution in [2.75, 3.05) is 19.5 Å². The van der Waals surface area contributed by atoms with E-state index in [9.17, 15) is 9.18 Å². The van der Waals surface area contributed by atoms with Gasteiger partial charge in [0.2, 0.25) is 0 Å². The summed E-state index contributed by atoms with van der Waals surface area (Å²) in [6.07, 6.45) is 1.40. The number of hydrogen-bond acceptors (Lipinski definition) is 6. The molecular weight excluding hydrogens is 363 g/mol. The van der Waals surface area contributed by atoms with E-state index >= 15 is 0 Å². The minimum absolute atomic E-state index is 0.250. The number of aromatic nitrogens is 2. The fraction of sp³-hybridized carbons (Fsp3) is 0.150. The van der Waals surface area contributed by atoms with Gasteiger partial charge in [0.15, 0.2) is 0 Å². The van der Waals surface area contributed by atoms with E-state index in [1.807, 2.05) is 0 Å². The number of nitrogens with two attached hydrogens (primary N) is 1. The summed E-state index contributed by atoms with van der Waals surface area (Å²) in [4.78, 5) is 20.1. The van der Waals surface area contributed by atoms with Crippen LogP contribution >= 0.6 is 0 Å². The van der Waals surface area contributed by atoms with E-state index < -0.39 is 5.91 Å². The first-order valence-corrected chi connectivity index (χ1v) is 8.36. The topological polar surface area (TPSA) is 99.4 Å². The van der Waals surface area contributed by atoms with Gasteiger partial charge in [-0.2, -0.15) is 0 Å². The van der Waals surface area contributed by atoms with Gasteiger partial charge in [0.1, 0.15) is 23.7 Å². The fourth-order valence-electron chi connectivity index (χ4n) is 2.79. The molecule has 0 aliphatic carbocycles. The standard InChI is InChI=1S/C20H19FN4O3/c1-27-10-12-7-13(21)3-5-15(12)17-9-19(24-11-23-17)25-14-4-6-18(28-2)16(8-14)20(22)26/h3-9,11H,10H2,1-2H3,(H2,22,26)(H,23,24,25). The van der Waals surface area contributed by atoms with Crippen LogP contribution in [0.25, 0.3) is 11.3 Å². The van der Waals surface area contributed by atoms with E-state index in [4.69, 9.17) is 15.2 Å². The molecule has 0 aliphatic heterocycles. The lowest BCUT2D eigenvalue weighted by Gasteiger charge is -2.12. The van der Waals surface area contributed by atoms with E-state index in [0.29, 0.717) is 28.5 Å². The van der Waals surface area contributed by atoms with Gasteiger partial charge in [-0.05, 0) is 42.0 Å². The van der Waals surface area contributed by atoms with E-state index in [2.05, 4.69) is 15.3 Å². The predicted molar refractivity (Wildman–Crippen MR) is 103 cm³/mol. The van der Waals surface area contributed by atoms with E-state index in [1.165, 1.54) is 25.6 Å². The second kappa shape index (κ2) is 8.45. The summed E-state index contributed by atoms with van der Waals surface area (Å²) in [7, 11) is 3.01. The number of ether oxygens (including phenoxy) is 2. The summed E-state index contributed by atoms with van der Waals surface area (Å²) >= 11 is 0. The average Bonchev–Trinajstić information content (AvgIpc) is 2.68. The van der Waals surface area contributed by atoms with Crippen molar-refractivity contribution in [3.8, 4) is 17.0 Å². The Morgan fingerprint density at radius 3 is 2.68 bits per heavy atom. The molecule has 1 heterocycles. The molecule has 3 N–H and O–H groups in total. The van der Waals surface area contributed by atoms with Crippen molar-refractivity contribution < 1.29 is 18.7 Å². The largest absolute Gasteiger partial charge is 0.496 e. The molecule has 8 heteroatoms. The number of nitrogens with one attached hydrogen (secondary N) is 1. The summed E-state index contributed by atoms with van der Waals surface area (Å²) in [6.45, 7) is 0.250. The summed E-state index contributed by atoms with van der Waals surface area (Å²) in [6, 6.07) is 11.1. The van der Waals surface area contributed by atoms with Gasteiger partial charge in [-0.15, -0.1) is 0 Å². The maximum absolute atomic E-state index is 13.6. The Morgan fingerprint density at radius 1 is 1.14 bits per heavy atom. The molecule has 2 aromatic carbocycles. The maximum atomic E-state index is 13.6. The Morgan fingerprint density at radius 2 is 1.96 bits per heavy atom. The fourth-order valence-corrected chi connectivity index (χ4v) is 2.79. The van der Waals surface area contributed by atoms with Gasteiger partial charge in [0.25, 0.3) is 5.91 Å². The smallest absolute Gasteiger partial charge is 0.252 e. The van der Waals surface area contributed by atoms with Gasteiger partial charge >= 0.3 is 0 Å². The number of methoxy groups -OCH3 is 2. The lowest BCUT2D eigenvalue weighted by molar-refractivity contribution is 0.0997. The Hall–Kier alpha value is -3.52. The summed E-state index contributed by atoms with van der Waals surface area (Å²) in [5.74, 6) is -0.0601. The molecule has 1 amide bonds. The van der Waals surface area contributed by atoms with Crippen LogP contribution in [-0.2, 0) is 11.3 Å². The normalized spacial score (nSPS) is 10.5. The number of rotatable bonds is 7. The second-order valence-electron chi connectivity index (χ2n) is 5.93. The molecule has 3 aromatic rings. The third kappa shape index (κ3) is 4.24. The van der Waals surface area contributed by atoms with Crippen molar-refractivity contribution in [3.05, 3.63) is 65.7 Å². The van der Waals surface area contributed by atoms with Crippen LogP contribution in [0.15, 0.2) is 48.8 Å². The number of carbonyl (C=O) groups excluding carboxylic acids is 1. The van der Waals surface area contributed by atoms with Crippen molar-refractivity contribution in [1.29, 1.82) is 0 Å². The van der Waals surface area contributed by atoms with Crippen LogP contribution in [0.5, 0.6) is 5.75 Å². The molecular formula is C20H19FN4O3. The highest BCUT2D eigenvalue weighted by Gasteiger charge is 2.12. The minimum Gasteiger partial charge on any atom is -0.496 e. The molecule has 0 saturated heterocycles. The van der Waals surface area contributed by atoms with E-state index in [1.54, 1.807) is 37.4 Å². The molecule has 0 fully saturated rings. The van der Waals surface area contributed by atoms with E-state index in [-0.39, 0.29) is 18.0 Å². The highest BCUT2D eigenvalue weighted by atomic mass is 19.1. The summed E-state index contributed by atoms with van der Waals surface area (Å²) in [5.41, 5.74) is 8.27. The number of benzene rings is 2. The van der Waals surface area contributed by atoms with Gasteiger partial charge in [0, 0.05) is 24.4 Å². The molecule has 3 rings (SSSR count). The Kier molecular flexibility index (Phi) is 5.81. The number of carbonyl (C=O) groups is 1. The van der Waals surface area contributed by atoms with Gasteiger partial charge in [-0.25, -0.2) is 14.4 Å². The third-order valence-corrected chi connectivity index (χ3v) is 4.05. The van der Waals surface area contributed by atoms with Crippen molar-refractivity contribution in [2.24, 2.45) is 5.73 Å². The van der Waals surface area contributed by atoms with Gasteiger partial charge < -0.3 is 20.5 Å². The van der Waals surface area contributed by atoms with Crippen molar-refractivity contribution in [1.82, 2.24) is 9.97 Å². The number of halogens is 1. The van der Waals surface area contributed by atoms with E-state index in [0.717, 1.165) is 5.56 Å². The first-order valence-electron chi connectivity index (χ1n) is 8.36. The molecule has 0 aliphatic rings. The summed E-state index contributed by atoms with van der Waals surface area (Å²) < 4.78 is 23.9. The number of primary amides is 1. The van der Waals surface area contributed by atoms with Crippen molar-refractivity contribution >= 4 is 17.4 Å². The highest BCUT2D eigenvalue weighted by molar-refractivity contribution is 5.96. The quantitative estimate of drug-likeness (QED) is 0.651. The molecule has 1 aromatic heterocycles. The van der Waals surface area contributed by atoms with Crippen LogP contribution in [-0.4, -0.2) is 30.1 Å². The lowest BCUT2D eigenvalue weighted by atomic mass is 10.0. The molecule has 7 nitrogen and oxygen atoms in total. The molecule has 0 bridgehead atoms. The molecule has 0 radical (unpaired) electrons. The lowest BCUT2D eigenvalue weighted by Crippen LogP contribution is -2.12. The summed E-state index contributed by atoms with van der Waals surface area (Å²) in [5, 5.41) is 3.10. The Labute approximate surface area is 161 Å². The SMILES string of the molecule is COCc1cc(F)ccc1-c1cc(Nc2ccc(OC)c(C(N)=O)c2)ncn1. The van der Waals surface area contributed by atoms with Crippen LogP contribution in [0, 0.1) is 5.82 Å². The Bertz CT molecular complexity index is 1010. The van der Waals surface area contributed by atoms with Crippen LogP contribution < -0.4 is 15.8 Å². The number of anilines is 2. The number of amides is 1. The molecule has 28 heavy (non-hydrogen) atoms. The third-order valence-electron chi connectivity index (χ3n) is 4.05. The molecule has 0 spiro atoms. The average molecular weight is 382 g/mol. The van der Waals surface area contributed by atoms with Gasteiger partial charge in [-0.3, -0.25) is 4.79 Å². The van der Waals surface area contributed by atoms with Crippen LogP contribution in [0.3, 0.4) is 0 Å². The van der Waals surface area contributed by atoms with Crippen LogP contribution in [0.1, 0.15) is 15.9 Å². The molecule has 144 valence electrons. The molecule has 0 unspecified atom stereocenters. The van der Waals surface area contributed by atoms with Crippen molar-refractivity contribution in [3.63, 3.8) is 0 Å². The van der Waals surface area contributed by atoms with Crippen LogP contribution in [0.4, 0.5) is 15.9 Å². The predicted octanol–water partition coefficient (Wildman–Crippen LogP) is 3.28. The first-order chi connectivity index (χ1) is 13.5. The Balaban J connectivity index is 1.93. The zero-order valence-electron chi connectivity index (χ0n) is 15.4. The number of hydrogen-bond donors (Lipinski definition) is 2. The van der Waals surface area contributed by atoms with Gasteiger partial charge in [-0.1, -0.05) is 0 Å². The zero-order valence-corrected chi connectivity index (χ0v) is 15.4. The molecule has 0 atom stereocenters. The first kappa shape index (κ1) is 19.2. The highest BCUT2D eigenvalue weighted by Crippen LogP contribution is 2.27. The van der Waals surface area contributed by atoms with Crippen molar-refractivity contribution in [2.45, 2.75) is 6.61 Å². The zero-order chi connectivity index (χ0) is 20.1. The van der Waals surface area contributed by atoms with Gasteiger partial charge in [0.05, 0.1) is 25.0 Å². The van der Waals surface area contributed by atoms with Crippen LogP contribution in [0.2, 0.25) is 0 Å².